The number of hydrogen-bond acceptors (Lipinski definition) is 4. The molecular weight excluding hydrogens is 288 g/mol. The first-order valence-corrected chi connectivity index (χ1v) is 8.33. The number of para-hydroxylation sites is 1. The van der Waals surface area contributed by atoms with Crippen molar-refractivity contribution in [1.29, 1.82) is 0 Å². The average Bonchev–Trinajstić information content (AvgIpc) is 2.54. The zero-order chi connectivity index (χ0) is 16.4. The van der Waals surface area contributed by atoms with Crippen molar-refractivity contribution in [3.63, 3.8) is 0 Å². The fourth-order valence-corrected chi connectivity index (χ4v) is 3.16. The van der Waals surface area contributed by atoms with E-state index in [4.69, 9.17) is 0 Å². The molecule has 1 aliphatic heterocycles. The molecular formula is C18H24N4O. The summed E-state index contributed by atoms with van der Waals surface area (Å²) in [5, 5.41) is 4.58. The molecule has 0 saturated carbocycles. The van der Waals surface area contributed by atoms with Gasteiger partial charge in [0.15, 0.2) is 0 Å². The van der Waals surface area contributed by atoms with Crippen LogP contribution in [0.15, 0.2) is 24.3 Å². The highest BCUT2D eigenvalue weighted by Crippen LogP contribution is 2.23. The number of nitrogens with one attached hydrogen (secondary N) is 1. The molecule has 1 N–H and O–H groups in total. The van der Waals surface area contributed by atoms with Crippen LogP contribution in [0, 0.1) is 12.8 Å². The van der Waals surface area contributed by atoms with E-state index in [2.05, 4.69) is 15.3 Å². The standard InChI is InChI=1S/C18H24N4O/c1-12(2)18(23)22-10-6-7-14(11-22)21-17-15-8-4-5-9-16(15)19-13(3)20-17/h4-5,8-9,12,14H,6-7,10-11H2,1-3H3,(H,19,20,21)/t14-/m1/s1. The number of amides is 1. The van der Waals surface area contributed by atoms with E-state index in [0.29, 0.717) is 0 Å². The van der Waals surface area contributed by atoms with Gasteiger partial charge in [-0.2, -0.15) is 0 Å². The van der Waals surface area contributed by atoms with Crippen LogP contribution < -0.4 is 5.32 Å². The van der Waals surface area contributed by atoms with Crippen LogP contribution in [0.25, 0.3) is 10.9 Å². The lowest BCUT2D eigenvalue weighted by atomic mass is 10.0. The van der Waals surface area contributed by atoms with Crippen LogP contribution in [0.4, 0.5) is 5.82 Å². The number of aryl methyl sites for hydroxylation is 1. The minimum Gasteiger partial charge on any atom is -0.365 e. The quantitative estimate of drug-likeness (QED) is 0.946. The molecule has 0 bridgehead atoms. The van der Waals surface area contributed by atoms with Crippen LogP contribution in [0.3, 0.4) is 0 Å². The number of aromatic nitrogens is 2. The van der Waals surface area contributed by atoms with Crippen LogP contribution in [0.2, 0.25) is 0 Å². The molecule has 1 atom stereocenters. The highest BCUT2D eigenvalue weighted by Gasteiger charge is 2.25. The van der Waals surface area contributed by atoms with Crippen molar-refractivity contribution in [2.45, 2.75) is 39.7 Å². The summed E-state index contributed by atoms with van der Waals surface area (Å²) in [6.45, 7) is 7.43. The normalized spacial score (nSPS) is 18.4. The maximum absolute atomic E-state index is 12.2. The second kappa shape index (κ2) is 6.52. The smallest absolute Gasteiger partial charge is 0.225 e. The van der Waals surface area contributed by atoms with Crippen molar-refractivity contribution in [2.24, 2.45) is 5.92 Å². The van der Waals surface area contributed by atoms with Crippen molar-refractivity contribution in [2.75, 3.05) is 18.4 Å². The van der Waals surface area contributed by atoms with Gasteiger partial charge in [-0.25, -0.2) is 9.97 Å². The Morgan fingerprint density at radius 2 is 2.09 bits per heavy atom. The number of anilines is 1. The molecule has 3 rings (SSSR count). The molecule has 1 aromatic heterocycles. The highest BCUT2D eigenvalue weighted by molar-refractivity contribution is 5.89. The minimum atomic E-state index is 0.0517. The zero-order valence-corrected chi connectivity index (χ0v) is 14.0. The Labute approximate surface area is 137 Å². The van der Waals surface area contributed by atoms with Gasteiger partial charge in [0.2, 0.25) is 5.91 Å². The Bertz CT molecular complexity index is 713. The first-order valence-electron chi connectivity index (χ1n) is 8.33. The largest absolute Gasteiger partial charge is 0.365 e. The van der Waals surface area contributed by atoms with Gasteiger partial charge in [0.05, 0.1) is 5.52 Å². The molecule has 122 valence electrons. The molecule has 1 saturated heterocycles. The lowest BCUT2D eigenvalue weighted by molar-refractivity contribution is -0.135. The minimum absolute atomic E-state index is 0.0517. The topological polar surface area (TPSA) is 58.1 Å². The molecule has 2 heterocycles. The Morgan fingerprint density at radius 1 is 1.30 bits per heavy atom. The summed E-state index contributed by atoms with van der Waals surface area (Å²) in [6, 6.07) is 8.27. The van der Waals surface area contributed by atoms with Crippen LogP contribution in [0.1, 0.15) is 32.5 Å². The Morgan fingerprint density at radius 3 is 2.87 bits per heavy atom. The van der Waals surface area contributed by atoms with E-state index in [0.717, 1.165) is 48.5 Å². The Kier molecular flexibility index (Phi) is 4.46. The maximum atomic E-state index is 12.2. The SMILES string of the molecule is Cc1nc(N[C@@H]2CCCN(C(=O)C(C)C)C2)c2ccccc2n1. The van der Waals surface area contributed by atoms with Crippen molar-refractivity contribution in [1.82, 2.24) is 14.9 Å². The third-order valence-electron chi connectivity index (χ3n) is 4.28. The van der Waals surface area contributed by atoms with Crippen LogP contribution in [-0.4, -0.2) is 39.9 Å². The lowest BCUT2D eigenvalue weighted by Gasteiger charge is -2.34. The fraction of sp³-hybridized carbons (Fsp3) is 0.500. The van der Waals surface area contributed by atoms with Crippen molar-refractivity contribution >= 4 is 22.6 Å². The number of carbonyl (C=O) groups is 1. The van der Waals surface area contributed by atoms with E-state index in [1.165, 1.54) is 0 Å². The van der Waals surface area contributed by atoms with E-state index < -0.39 is 0 Å². The van der Waals surface area contributed by atoms with E-state index in [1.807, 2.05) is 49.9 Å². The molecule has 1 fully saturated rings. The Hall–Kier alpha value is -2.17. The van der Waals surface area contributed by atoms with Crippen molar-refractivity contribution < 1.29 is 4.79 Å². The average molecular weight is 312 g/mol. The maximum Gasteiger partial charge on any atom is 0.225 e. The number of carbonyl (C=O) groups excluding carboxylic acids is 1. The monoisotopic (exact) mass is 312 g/mol. The molecule has 0 radical (unpaired) electrons. The van der Waals surface area contributed by atoms with Crippen LogP contribution in [0.5, 0.6) is 0 Å². The molecule has 5 nitrogen and oxygen atoms in total. The van der Waals surface area contributed by atoms with Gasteiger partial charge in [-0.3, -0.25) is 4.79 Å². The predicted octanol–water partition coefficient (Wildman–Crippen LogP) is 3.00. The third kappa shape index (κ3) is 3.44. The lowest BCUT2D eigenvalue weighted by Crippen LogP contribution is -2.46. The number of nitrogens with zero attached hydrogens (tertiary/aromatic N) is 3. The molecule has 0 spiro atoms. The molecule has 5 heteroatoms. The first-order chi connectivity index (χ1) is 11.0. The summed E-state index contributed by atoms with van der Waals surface area (Å²) >= 11 is 0. The number of piperidine rings is 1. The summed E-state index contributed by atoms with van der Waals surface area (Å²) in [5.74, 6) is 1.92. The number of rotatable bonds is 3. The number of hydrogen-bond donors (Lipinski definition) is 1. The molecule has 23 heavy (non-hydrogen) atoms. The van der Waals surface area contributed by atoms with Crippen LogP contribution in [-0.2, 0) is 4.79 Å². The van der Waals surface area contributed by atoms with E-state index in [1.54, 1.807) is 0 Å². The first kappa shape index (κ1) is 15.7. The van der Waals surface area contributed by atoms with Gasteiger partial charge in [0.1, 0.15) is 11.6 Å². The Balaban J connectivity index is 1.80. The van der Waals surface area contributed by atoms with Crippen molar-refractivity contribution in [3.05, 3.63) is 30.1 Å². The highest BCUT2D eigenvalue weighted by atomic mass is 16.2. The molecule has 1 aromatic carbocycles. The van der Waals surface area contributed by atoms with Gasteiger partial charge in [-0.15, -0.1) is 0 Å². The molecule has 0 unspecified atom stereocenters. The van der Waals surface area contributed by atoms with E-state index in [9.17, 15) is 4.79 Å². The fourth-order valence-electron chi connectivity index (χ4n) is 3.16. The van der Waals surface area contributed by atoms with Gasteiger partial charge in [-0.05, 0) is 31.9 Å². The molecule has 2 aromatic rings. The summed E-state index contributed by atoms with van der Waals surface area (Å²) in [7, 11) is 0. The van der Waals surface area contributed by atoms with Gasteiger partial charge in [0, 0.05) is 30.4 Å². The number of benzene rings is 1. The van der Waals surface area contributed by atoms with E-state index in [-0.39, 0.29) is 17.9 Å². The molecule has 1 amide bonds. The summed E-state index contributed by atoms with van der Waals surface area (Å²) in [4.78, 5) is 23.3. The van der Waals surface area contributed by atoms with Gasteiger partial charge < -0.3 is 10.2 Å². The second-order valence-corrected chi connectivity index (χ2v) is 6.56. The molecule has 0 aliphatic carbocycles. The summed E-state index contributed by atoms with van der Waals surface area (Å²) < 4.78 is 0. The predicted molar refractivity (Wildman–Crippen MR) is 92.3 cm³/mol. The number of fused-ring (bicyclic) bond motifs is 1. The van der Waals surface area contributed by atoms with Gasteiger partial charge in [0.25, 0.3) is 0 Å². The van der Waals surface area contributed by atoms with E-state index >= 15 is 0 Å². The summed E-state index contributed by atoms with van der Waals surface area (Å²) in [5.41, 5.74) is 0.952. The summed E-state index contributed by atoms with van der Waals surface area (Å²) in [6.07, 6.45) is 2.08. The third-order valence-corrected chi connectivity index (χ3v) is 4.28. The zero-order valence-electron chi connectivity index (χ0n) is 14.0. The van der Waals surface area contributed by atoms with Gasteiger partial charge in [-0.1, -0.05) is 26.0 Å². The van der Waals surface area contributed by atoms with Crippen molar-refractivity contribution in [3.8, 4) is 0 Å². The molecule has 1 aliphatic rings. The van der Waals surface area contributed by atoms with Crippen LogP contribution >= 0.6 is 0 Å². The van der Waals surface area contributed by atoms with Gasteiger partial charge >= 0.3 is 0 Å². The second-order valence-electron chi connectivity index (χ2n) is 6.56. The number of likely N-dealkylation sites (tertiary alicyclic amines) is 1.